The van der Waals surface area contributed by atoms with Gasteiger partial charge < -0.3 is 9.64 Å². The van der Waals surface area contributed by atoms with Crippen molar-refractivity contribution in [1.82, 2.24) is 4.90 Å². The number of amides is 1. The second-order valence-electron chi connectivity index (χ2n) is 4.20. The van der Waals surface area contributed by atoms with Gasteiger partial charge in [0.1, 0.15) is 0 Å². The third-order valence-corrected chi connectivity index (χ3v) is 3.00. The van der Waals surface area contributed by atoms with Crippen molar-refractivity contribution in [3.63, 3.8) is 0 Å². The molecule has 0 bridgehead atoms. The monoisotopic (exact) mass is 301 g/mol. The SMILES string of the molecule is [CH2-]OCCCCN1C(=O)CC1CCCC.[Y]. The largest absolute Gasteiger partial charge is 0.555 e. The van der Waals surface area contributed by atoms with Crippen molar-refractivity contribution in [3.05, 3.63) is 7.11 Å². The Hall–Kier alpha value is 0.534. The van der Waals surface area contributed by atoms with E-state index in [2.05, 4.69) is 14.0 Å². The van der Waals surface area contributed by atoms with Crippen molar-refractivity contribution in [2.24, 2.45) is 0 Å². The molecular weight excluding hydrogens is 279 g/mol. The third kappa shape index (κ3) is 5.24. The van der Waals surface area contributed by atoms with E-state index >= 15 is 0 Å². The van der Waals surface area contributed by atoms with Crippen LogP contribution in [0.5, 0.6) is 0 Å². The summed E-state index contributed by atoms with van der Waals surface area (Å²) in [6.07, 6.45) is 6.42. The van der Waals surface area contributed by atoms with E-state index in [4.69, 9.17) is 4.74 Å². The molecule has 91 valence electrons. The normalized spacial score (nSPS) is 19.2. The average Bonchev–Trinajstić information content (AvgIpc) is 2.23. The zero-order valence-corrected chi connectivity index (χ0v) is 13.1. The van der Waals surface area contributed by atoms with Gasteiger partial charge in [-0.2, -0.15) is 0 Å². The van der Waals surface area contributed by atoms with E-state index in [0.717, 1.165) is 25.8 Å². The summed E-state index contributed by atoms with van der Waals surface area (Å²) in [5.41, 5.74) is 0. The molecule has 1 heterocycles. The molecule has 4 heteroatoms. The molecule has 0 saturated carbocycles. The van der Waals surface area contributed by atoms with E-state index in [1.54, 1.807) is 0 Å². The van der Waals surface area contributed by atoms with Crippen molar-refractivity contribution >= 4 is 5.91 Å². The second-order valence-corrected chi connectivity index (χ2v) is 4.20. The number of rotatable bonds is 8. The molecule has 1 radical (unpaired) electrons. The van der Waals surface area contributed by atoms with Crippen LogP contribution in [0.25, 0.3) is 0 Å². The molecule has 0 aromatic rings. The predicted octanol–water partition coefficient (Wildman–Crippen LogP) is 2.36. The van der Waals surface area contributed by atoms with Crippen molar-refractivity contribution in [2.45, 2.75) is 51.5 Å². The number of nitrogens with zero attached hydrogens (tertiary/aromatic N) is 1. The van der Waals surface area contributed by atoms with Gasteiger partial charge in [0.15, 0.2) is 0 Å². The molecule has 1 fully saturated rings. The first kappa shape index (κ1) is 16.5. The molecule has 0 N–H and O–H groups in total. The molecule has 1 aliphatic rings. The Balaban J connectivity index is 0.00000225. The molecule has 1 rings (SSSR count). The minimum Gasteiger partial charge on any atom is -0.555 e. The molecule has 1 unspecified atom stereocenters. The summed E-state index contributed by atoms with van der Waals surface area (Å²) in [5.74, 6) is 0.326. The number of carbonyl (C=O) groups excluding carboxylic acids is 1. The molecule has 1 aliphatic heterocycles. The fraction of sp³-hybridized carbons (Fsp3) is 0.833. The van der Waals surface area contributed by atoms with Gasteiger partial charge in [0.25, 0.3) is 0 Å². The number of carbonyl (C=O) groups is 1. The molecule has 1 saturated heterocycles. The van der Waals surface area contributed by atoms with Crippen molar-refractivity contribution in [2.75, 3.05) is 13.2 Å². The van der Waals surface area contributed by atoms with E-state index in [-0.39, 0.29) is 32.7 Å². The first-order chi connectivity index (χ1) is 7.29. The summed E-state index contributed by atoms with van der Waals surface area (Å²) >= 11 is 0. The maximum atomic E-state index is 11.4. The standard InChI is InChI=1S/C12H22NO2.Y/c1-3-4-7-11-10-12(14)13(11)8-5-6-9-15-2;/h11H,2-10H2,1H3;/q-1;. The van der Waals surface area contributed by atoms with E-state index < -0.39 is 0 Å². The van der Waals surface area contributed by atoms with E-state index in [1.165, 1.54) is 19.3 Å². The molecule has 3 nitrogen and oxygen atoms in total. The number of hydrogen-bond donors (Lipinski definition) is 0. The van der Waals surface area contributed by atoms with Crippen molar-refractivity contribution in [3.8, 4) is 0 Å². The number of ether oxygens (including phenoxy) is 1. The molecule has 0 aromatic heterocycles. The Morgan fingerprint density at radius 3 is 2.75 bits per heavy atom. The van der Waals surface area contributed by atoms with Crippen LogP contribution in [0.1, 0.15) is 45.4 Å². The molecular formula is C12H22NO2Y-. The van der Waals surface area contributed by atoms with Crippen molar-refractivity contribution < 1.29 is 42.2 Å². The average molecular weight is 301 g/mol. The summed E-state index contributed by atoms with van der Waals surface area (Å²) in [6.45, 7) is 3.79. The first-order valence-electron chi connectivity index (χ1n) is 5.96. The quantitative estimate of drug-likeness (QED) is 0.391. The first-order valence-corrected chi connectivity index (χ1v) is 5.96. The maximum absolute atomic E-state index is 11.4. The maximum Gasteiger partial charge on any atom is 0.224 e. The third-order valence-electron chi connectivity index (χ3n) is 3.00. The topological polar surface area (TPSA) is 29.5 Å². The minimum atomic E-state index is 0. The Kier molecular flexibility index (Phi) is 9.87. The number of hydrogen-bond acceptors (Lipinski definition) is 2. The van der Waals surface area contributed by atoms with Gasteiger partial charge in [-0.1, -0.05) is 19.8 Å². The van der Waals surface area contributed by atoms with Gasteiger partial charge >= 0.3 is 0 Å². The number of β-lactam (4-membered cyclic amide) rings is 1. The van der Waals surface area contributed by atoms with Crippen LogP contribution in [0.15, 0.2) is 0 Å². The van der Waals surface area contributed by atoms with Crippen LogP contribution in [0.4, 0.5) is 0 Å². The van der Waals surface area contributed by atoms with Gasteiger partial charge in [-0.15, -0.1) is 0 Å². The van der Waals surface area contributed by atoms with Gasteiger partial charge in [-0.25, -0.2) is 7.11 Å². The van der Waals surface area contributed by atoms with E-state index in [0.29, 0.717) is 18.6 Å². The van der Waals surface area contributed by atoms with Crippen LogP contribution in [0, 0.1) is 7.11 Å². The molecule has 0 aliphatic carbocycles. The molecule has 1 amide bonds. The molecule has 16 heavy (non-hydrogen) atoms. The van der Waals surface area contributed by atoms with Crippen molar-refractivity contribution in [1.29, 1.82) is 0 Å². The fourth-order valence-corrected chi connectivity index (χ4v) is 2.01. The summed E-state index contributed by atoms with van der Waals surface area (Å²) in [6, 6.07) is 0.526. The van der Waals surface area contributed by atoms with Gasteiger partial charge in [0.2, 0.25) is 5.91 Å². The number of likely N-dealkylation sites (tertiary alicyclic amines) is 1. The molecule has 0 aromatic carbocycles. The molecule has 0 spiro atoms. The van der Waals surface area contributed by atoms with Crippen LogP contribution in [-0.4, -0.2) is 30.0 Å². The zero-order valence-electron chi connectivity index (χ0n) is 10.3. The predicted molar refractivity (Wildman–Crippen MR) is 60.2 cm³/mol. The zero-order chi connectivity index (χ0) is 11.1. The van der Waals surface area contributed by atoms with Gasteiger partial charge in [0.05, 0.1) is 0 Å². The minimum absolute atomic E-state index is 0. The van der Waals surface area contributed by atoms with Crippen LogP contribution >= 0.6 is 0 Å². The van der Waals surface area contributed by atoms with Crippen LogP contribution in [0.3, 0.4) is 0 Å². The summed E-state index contributed by atoms with van der Waals surface area (Å²) < 4.78 is 4.74. The Labute approximate surface area is 124 Å². The van der Waals surface area contributed by atoms with Crippen LogP contribution in [-0.2, 0) is 42.2 Å². The molecule has 1 atom stereocenters. The second kappa shape index (κ2) is 9.55. The number of unbranched alkanes of at least 4 members (excludes halogenated alkanes) is 2. The fourth-order valence-electron chi connectivity index (χ4n) is 2.01. The van der Waals surface area contributed by atoms with Gasteiger partial charge in [0, 0.05) is 58.3 Å². The van der Waals surface area contributed by atoms with Gasteiger partial charge in [-0.05, 0) is 19.3 Å². The Bertz CT molecular complexity index is 199. The Morgan fingerprint density at radius 1 is 1.44 bits per heavy atom. The Morgan fingerprint density at radius 2 is 2.19 bits per heavy atom. The van der Waals surface area contributed by atoms with Gasteiger partial charge in [-0.3, -0.25) is 4.79 Å². The van der Waals surface area contributed by atoms with E-state index in [9.17, 15) is 4.79 Å². The summed E-state index contributed by atoms with van der Waals surface area (Å²) in [4.78, 5) is 13.4. The van der Waals surface area contributed by atoms with Crippen LogP contribution in [0.2, 0.25) is 0 Å². The summed E-state index contributed by atoms with van der Waals surface area (Å²) in [7, 11) is 3.33. The van der Waals surface area contributed by atoms with E-state index in [1.807, 2.05) is 4.90 Å². The smallest absolute Gasteiger partial charge is 0.224 e. The summed E-state index contributed by atoms with van der Waals surface area (Å²) in [5, 5.41) is 0. The van der Waals surface area contributed by atoms with Crippen LogP contribution < -0.4 is 0 Å².